The molecular weight excluding hydrogens is 297 g/mol. The predicted molar refractivity (Wildman–Crippen MR) is 73.9 cm³/mol. The fourth-order valence-corrected chi connectivity index (χ4v) is 2.88. The van der Waals surface area contributed by atoms with Crippen LogP contribution in [0.25, 0.3) is 0 Å². The van der Waals surface area contributed by atoms with Crippen LogP contribution in [0.2, 0.25) is 0 Å². The lowest BCUT2D eigenvalue weighted by Gasteiger charge is -2.20. The molecular formula is C14H19BrFNO. The molecule has 2 rings (SSSR count). The molecule has 18 heavy (non-hydrogen) atoms. The van der Waals surface area contributed by atoms with Gasteiger partial charge in [0.05, 0.1) is 10.6 Å². The standard InChI is InChI=1S/C14H19BrFNO/c1-9(10-5-6-13(16)12(15)7-10)17-8-11-3-2-4-14(11)18/h5-7,9,11,14,17-18H,2-4,8H2,1H3. The smallest absolute Gasteiger partial charge is 0.137 e. The molecule has 0 radical (unpaired) electrons. The first-order chi connectivity index (χ1) is 8.58. The van der Waals surface area contributed by atoms with Crippen molar-refractivity contribution in [2.75, 3.05) is 6.54 Å². The fraction of sp³-hybridized carbons (Fsp3) is 0.571. The third-order valence-electron chi connectivity index (χ3n) is 3.75. The van der Waals surface area contributed by atoms with Crippen molar-refractivity contribution in [3.05, 3.63) is 34.1 Å². The van der Waals surface area contributed by atoms with Gasteiger partial charge in [-0.05, 0) is 59.3 Å². The molecule has 0 heterocycles. The van der Waals surface area contributed by atoms with Gasteiger partial charge < -0.3 is 10.4 Å². The Hall–Kier alpha value is -0.450. The first-order valence-electron chi connectivity index (χ1n) is 6.44. The molecule has 100 valence electrons. The van der Waals surface area contributed by atoms with Crippen molar-refractivity contribution < 1.29 is 9.50 Å². The molecule has 1 saturated carbocycles. The number of nitrogens with one attached hydrogen (secondary N) is 1. The van der Waals surface area contributed by atoms with E-state index in [1.165, 1.54) is 6.07 Å². The van der Waals surface area contributed by atoms with E-state index in [4.69, 9.17) is 0 Å². The van der Waals surface area contributed by atoms with Crippen LogP contribution in [0.1, 0.15) is 37.8 Å². The zero-order chi connectivity index (χ0) is 13.1. The summed E-state index contributed by atoms with van der Waals surface area (Å²) >= 11 is 3.20. The van der Waals surface area contributed by atoms with Gasteiger partial charge in [-0.2, -0.15) is 0 Å². The maximum Gasteiger partial charge on any atom is 0.137 e. The van der Waals surface area contributed by atoms with E-state index in [0.717, 1.165) is 31.4 Å². The molecule has 1 aromatic carbocycles. The molecule has 1 aliphatic carbocycles. The van der Waals surface area contributed by atoms with Crippen LogP contribution in [-0.2, 0) is 0 Å². The zero-order valence-electron chi connectivity index (χ0n) is 10.5. The van der Waals surface area contributed by atoms with Gasteiger partial charge in [-0.3, -0.25) is 0 Å². The zero-order valence-corrected chi connectivity index (χ0v) is 12.1. The fourth-order valence-electron chi connectivity index (χ4n) is 2.48. The highest BCUT2D eigenvalue weighted by Gasteiger charge is 2.25. The lowest BCUT2D eigenvalue weighted by Crippen LogP contribution is -2.29. The van der Waals surface area contributed by atoms with Crippen molar-refractivity contribution in [1.29, 1.82) is 0 Å². The second-order valence-electron chi connectivity index (χ2n) is 5.06. The van der Waals surface area contributed by atoms with Crippen LogP contribution in [0.15, 0.2) is 22.7 Å². The summed E-state index contributed by atoms with van der Waals surface area (Å²) in [5.41, 5.74) is 1.05. The van der Waals surface area contributed by atoms with Gasteiger partial charge in [0.15, 0.2) is 0 Å². The highest BCUT2D eigenvalue weighted by molar-refractivity contribution is 9.10. The van der Waals surface area contributed by atoms with Crippen LogP contribution in [0.4, 0.5) is 4.39 Å². The molecule has 0 saturated heterocycles. The average Bonchev–Trinajstić information content (AvgIpc) is 2.75. The number of rotatable bonds is 4. The summed E-state index contributed by atoms with van der Waals surface area (Å²) in [6.07, 6.45) is 2.96. The van der Waals surface area contributed by atoms with Gasteiger partial charge in [0.25, 0.3) is 0 Å². The molecule has 2 N–H and O–H groups in total. The minimum Gasteiger partial charge on any atom is -0.393 e. The Morgan fingerprint density at radius 1 is 1.50 bits per heavy atom. The Kier molecular flexibility index (Phi) is 4.76. The molecule has 1 aromatic rings. The number of aliphatic hydroxyl groups is 1. The topological polar surface area (TPSA) is 32.3 Å². The van der Waals surface area contributed by atoms with Crippen LogP contribution in [-0.4, -0.2) is 17.8 Å². The van der Waals surface area contributed by atoms with Crippen molar-refractivity contribution in [3.8, 4) is 0 Å². The second kappa shape index (κ2) is 6.13. The summed E-state index contributed by atoms with van der Waals surface area (Å²) in [6.45, 7) is 2.87. The lowest BCUT2D eigenvalue weighted by atomic mass is 10.0. The number of hydrogen-bond acceptors (Lipinski definition) is 2. The van der Waals surface area contributed by atoms with Crippen LogP contribution in [0, 0.1) is 11.7 Å². The summed E-state index contributed by atoms with van der Waals surface area (Å²) in [4.78, 5) is 0. The number of halogens is 2. The molecule has 0 amide bonds. The molecule has 0 bridgehead atoms. The van der Waals surface area contributed by atoms with Crippen LogP contribution in [0.3, 0.4) is 0 Å². The molecule has 0 aromatic heterocycles. The van der Waals surface area contributed by atoms with E-state index in [2.05, 4.69) is 28.2 Å². The van der Waals surface area contributed by atoms with Crippen LogP contribution >= 0.6 is 15.9 Å². The van der Waals surface area contributed by atoms with Gasteiger partial charge in [0.2, 0.25) is 0 Å². The minimum atomic E-state index is -0.239. The first-order valence-corrected chi connectivity index (χ1v) is 7.23. The molecule has 4 heteroatoms. The summed E-state index contributed by atoms with van der Waals surface area (Å²) in [5, 5.41) is 13.2. The van der Waals surface area contributed by atoms with Gasteiger partial charge in [0, 0.05) is 12.6 Å². The Morgan fingerprint density at radius 2 is 2.28 bits per heavy atom. The maximum absolute atomic E-state index is 13.1. The number of hydrogen-bond donors (Lipinski definition) is 2. The maximum atomic E-state index is 13.1. The van der Waals surface area contributed by atoms with Gasteiger partial charge >= 0.3 is 0 Å². The molecule has 3 atom stereocenters. The van der Waals surface area contributed by atoms with E-state index < -0.39 is 0 Å². The Labute approximate surface area is 116 Å². The van der Waals surface area contributed by atoms with Gasteiger partial charge in [-0.15, -0.1) is 0 Å². The monoisotopic (exact) mass is 315 g/mol. The summed E-state index contributed by atoms with van der Waals surface area (Å²) in [6, 6.07) is 5.23. The van der Waals surface area contributed by atoms with Crippen LogP contribution < -0.4 is 5.32 Å². The Morgan fingerprint density at radius 3 is 2.89 bits per heavy atom. The number of aliphatic hydroxyl groups excluding tert-OH is 1. The van der Waals surface area contributed by atoms with Gasteiger partial charge in [0.1, 0.15) is 5.82 Å². The van der Waals surface area contributed by atoms with Gasteiger partial charge in [-0.25, -0.2) is 4.39 Å². The molecule has 2 nitrogen and oxygen atoms in total. The Bertz CT molecular complexity index is 413. The quantitative estimate of drug-likeness (QED) is 0.892. The molecule has 1 fully saturated rings. The van der Waals surface area contributed by atoms with E-state index in [0.29, 0.717) is 10.4 Å². The normalized spacial score (nSPS) is 25.3. The van der Waals surface area contributed by atoms with Crippen LogP contribution in [0.5, 0.6) is 0 Å². The Balaban J connectivity index is 1.90. The summed E-state index contributed by atoms with van der Waals surface area (Å²) < 4.78 is 13.6. The van der Waals surface area contributed by atoms with E-state index in [-0.39, 0.29) is 18.0 Å². The molecule has 0 aliphatic heterocycles. The second-order valence-corrected chi connectivity index (χ2v) is 5.92. The van der Waals surface area contributed by atoms with E-state index in [9.17, 15) is 9.50 Å². The predicted octanol–water partition coefficient (Wildman–Crippen LogP) is 3.40. The van der Waals surface area contributed by atoms with Crippen molar-refractivity contribution >= 4 is 15.9 Å². The summed E-state index contributed by atoms with van der Waals surface area (Å²) in [7, 11) is 0. The largest absolute Gasteiger partial charge is 0.393 e. The molecule has 1 aliphatic rings. The molecule has 0 spiro atoms. The summed E-state index contributed by atoms with van der Waals surface area (Å²) in [5.74, 6) is 0.119. The average molecular weight is 316 g/mol. The van der Waals surface area contributed by atoms with E-state index in [1.807, 2.05) is 0 Å². The SMILES string of the molecule is CC(NCC1CCCC1O)c1ccc(F)c(Br)c1. The van der Waals surface area contributed by atoms with Crippen molar-refractivity contribution in [3.63, 3.8) is 0 Å². The highest BCUT2D eigenvalue weighted by Crippen LogP contribution is 2.26. The highest BCUT2D eigenvalue weighted by atomic mass is 79.9. The minimum absolute atomic E-state index is 0.162. The lowest BCUT2D eigenvalue weighted by molar-refractivity contribution is 0.130. The molecule has 3 unspecified atom stereocenters. The third kappa shape index (κ3) is 3.31. The third-order valence-corrected chi connectivity index (χ3v) is 4.36. The van der Waals surface area contributed by atoms with Gasteiger partial charge in [-0.1, -0.05) is 12.5 Å². The van der Waals surface area contributed by atoms with Crippen molar-refractivity contribution in [1.82, 2.24) is 5.32 Å². The number of benzene rings is 1. The van der Waals surface area contributed by atoms with E-state index in [1.54, 1.807) is 12.1 Å². The van der Waals surface area contributed by atoms with E-state index >= 15 is 0 Å². The first kappa shape index (κ1) is 14.0. The van der Waals surface area contributed by atoms with Crippen molar-refractivity contribution in [2.45, 2.75) is 38.3 Å². The van der Waals surface area contributed by atoms with Crippen molar-refractivity contribution in [2.24, 2.45) is 5.92 Å².